The number of carbonyl (C=O) groups is 2. The molecular weight excluding hydrogens is 533 g/mol. The number of benzene rings is 1. The van der Waals surface area contributed by atoms with Crippen LogP contribution in [0.4, 0.5) is 5.69 Å². The minimum atomic E-state index is -0.536. The van der Waals surface area contributed by atoms with E-state index in [9.17, 15) is 9.59 Å². The second kappa shape index (κ2) is 11.3. The quantitative estimate of drug-likeness (QED) is 0.249. The van der Waals surface area contributed by atoms with Crippen molar-refractivity contribution in [1.29, 1.82) is 0 Å². The molecular formula is C26H25Cl2N5O3S. The van der Waals surface area contributed by atoms with E-state index in [2.05, 4.69) is 20.7 Å². The van der Waals surface area contributed by atoms with Crippen LogP contribution in [0, 0.1) is 12.8 Å². The van der Waals surface area contributed by atoms with Gasteiger partial charge in [-0.2, -0.15) is 0 Å². The highest BCUT2D eigenvalue weighted by atomic mass is 35.5. The van der Waals surface area contributed by atoms with E-state index in [1.165, 1.54) is 28.2 Å². The number of aryl methyl sites for hydroxylation is 1. The molecule has 2 amide bonds. The number of halogens is 2. The Kier molecular flexibility index (Phi) is 8.16. The number of aromatic nitrogens is 3. The largest absolute Gasteiger partial charge is 0.437 e. The van der Waals surface area contributed by atoms with Crippen LogP contribution in [0.1, 0.15) is 47.2 Å². The van der Waals surface area contributed by atoms with E-state index in [1.54, 1.807) is 37.4 Å². The van der Waals surface area contributed by atoms with Gasteiger partial charge in [0.15, 0.2) is 5.82 Å². The molecule has 0 bridgehead atoms. The zero-order chi connectivity index (χ0) is 26.7. The van der Waals surface area contributed by atoms with Crippen LogP contribution in [0.2, 0.25) is 10.0 Å². The number of thiophene rings is 1. The maximum Gasteiger partial charge on any atom is 0.274 e. The predicted octanol–water partition coefficient (Wildman–Crippen LogP) is 6.76. The van der Waals surface area contributed by atoms with Crippen LogP contribution in [-0.4, -0.2) is 32.6 Å². The van der Waals surface area contributed by atoms with Crippen LogP contribution < -0.4 is 15.4 Å². The molecule has 0 spiro atoms. The standard InChI is InChI=1S/C26H25Cl2N5O3S/c1-14(2)16(4)30-25(34)19-11-17(27)10-15(3)23(19)31-26(35)21-12-22(36-18-7-9-37-13-18)32-33(21)24-20(28)6-5-8-29-24/h5-14,16H,1-4H3,(H,30,34)(H,31,35). The van der Waals surface area contributed by atoms with Crippen LogP contribution in [0.5, 0.6) is 11.6 Å². The van der Waals surface area contributed by atoms with Crippen molar-refractivity contribution in [1.82, 2.24) is 20.1 Å². The lowest BCUT2D eigenvalue weighted by molar-refractivity contribution is 0.0931. The van der Waals surface area contributed by atoms with Gasteiger partial charge in [0.2, 0.25) is 5.88 Å². The van der Waals surface area contributed by atoms with E-state index in [-0.39, 0.29) is 40.8 Å². The van der Waals surface area contributed by atoms with Crippen molar-refractivity contribution in [3.05, 3.63) is 80.2 Å². The topological polar surface area (TPSA) is 98.1 Å². The Morgan fingerprint density at radius 1 is 1.11 bits per heavy atom. The molecule has 0 saturated carbocycles. The van der Waals surface area contributed by atoms with Crippen molar-refractivity contribution in [3.8, 4) is 17.4 Å². The third-order valence-corrected chi connectivity index (χ3v) is 6.89. The van der Waals surface area contributed by atoms with Gasteiger partial charge in [-0.05, 0) is 61.0 Å². The fourth-order valence-corrected chi connectivity index (χ4v) is 4.44. The second-order valence-electron chi connectivity index (χ2n) is 8.76. The first-order chi connectivity index (χ1) is 17.6. The minimum Gasteiger partial charge on any atom is -0.437 e. The molecule has 3 aromatic heterocycles. The summed E-state index contributed by atoms with van der Waals surface area (Å²) in [7, 11) is 0. The zero-order valence-electron chi connectivity index (χ0n) is 20.6. The SMILES string of the molecule is Cc1cc(Cl)cc(C(=O)NC(C)C(C)C)c1NC(=O)c1cc(Oc2ccsc2)nn1-c1ncccc1Cl. The Morgan fingerprint density at radius 3 is 2.57 bits per heavy atom. The molecule has 4 rings (SSSR count). The van der Waals surface area contributed by atoms with Gasteiger partial charge in [-0.3, -0.25) is 9.59 Å². The van der Waals surface area contributed by atoms with Gasteiger partial charge in [-0.25, -0.2) is 9.67 Å². The zero-order valence-corrected chi connectivity index (χ0v) is 22.9. The summed E-state index contributed by atoms with van der Waals surface area (Å²) in [5, 5.41) is 14.6. The van der Waals surface area contributed by atoms with E-state index in [1.807, 2.05) is 31.5 Å². The number of pyridine rings is 1. The van der Waals surface area contributed by atoms with Gasteiger partial charge in [-0.15, -0.1) is 16.4 Å². The van der Waals surface area contributed by atoms with Gasteiger partial charge >= 0.3 is 0 Å². The normalized spacial score (nSPS) is 11.9. The first-order valence-corrected chi connectivity index (χ1v) is 13.2. The summed E-state index contributed by atoms with van der Waals surface area (Å²) in [6.07, 6.45) is 1.55. The smallest absolute Gasteiger partial charge is 0.274 e. The molecule has 1 atom stereocenters. The number of hydrogen-bond donors (Lipinski definition) is 2. The molecule has 0 aliphatic rings. The molecule has 1 aromatic carbocycles. The molecule has 37 heavy (non-hydrogen) atoms. The third kappa shape index (κ3) is 6.12. The van der Waals surface area contributed by atoms with E-state index in [0.29, 0.717) is 27.0 Å². The van der Waals surface area contributed by atoms with Gasteiger partial charge in [0, 0.05) is 28.7 Å². The fourth-order valence-electron chi connectivity index (χ4n) is 3.41. The number of carbonyl (C=O) groups excluding carboxylic acids is 2. The predicted molar refractivity (Wildman–Crippen MR) is 147 cm³/mol. The van der Waals surface area contributed by atoms with Crippen LogP contribution in [-0.2, 0) is 0 Å². The molecule has 0 radical (unpaired) electrons. The highest BCUT2D eigenvalue weighted by Gasteiger charge is 2.24. The summed E-state index contributed by atoms with van der Waals surface area (Å²) in [4.78, 5) is 31.0. The molecule has 0 aliphatic heterocycles. The number of anilines is 1. The van der Waals surface area contributed by atoms with E-state index >= 15 is 0 Å². The van der Waals surface area contributed by atoms with Crippen molar-refractivity contribution in [2.24, 2.45) is 5.92 Å². The lowest BCUT2D eigenvalue weighted by atomic mass is 10.0. The Labute approximate surface area is 228 Å². The Morgan fingerprint density at radius 2 is 1.89 bits per heavy atom. The fraction of sp³-hybridized carbons (Fsp3) is 0.231. The summed E-state index contributed by atoms with van der Waals surface area (Å²) >= 11 is 14.1. The number of nitrogens with one attached hydrogen (secondary N) is 2. The van der Waals surface area contributed by atoms with Crippen molar-refractivity contribution < 1.29 is 14.3 Å². The number of amides is 2. The first kappa shape index (κ1) is 26.7. The van der Waals surface area contributed by atoms with Gasteiger partial charge < -0.3 is 15.4 Å². The third-order valence-electron chi connectivity index (χ3n) is 5.72. The molecule has 4 aromatic rings. The molecule has 2 N–H and O–H groups in total. The Bertz CT molecular complexity index is 1440. The number of hydrogen-bond acceptors (Lipinski definition) is 6. The number of rotatable bonds is 8. The average molecular weight is 558 g/mol. The summed E-state index contributed by atoms with van der Waals surface area (Å²) in [6.45, 7) is 7.71. The maximum absolute atomic E-state index is 13.6. The number of ether oxygens (including phenoxy) is 1. The van der Waals surface area contributed by atoms with Crippen LogP contribution >= 0.6 is 34.5 Å². The summed E-state index contributed by atoms with van der Waals surface area (Å²) < 4.78 is 7.13. The van der Waals surface area contributed by atoms with Crippen molar-refractivity contribution in [2.75, 3.05) is 5.32 Å². The minimum absolute atomic E-state index is 0.0834. The molecule has 1 unspecified atom stereocenters. The molecule has 11 heteroatoms. The number of nitrogens with zero attached hydrogens (tertiary/aromatic N) is 3. The lowest BCUT2D eigenvalue weighted by Gasteiger charge is -2.20. The summed E-state index contributed by atoms with van der Waals surface area (Å²) in [5.41, 5.74) is 1.33. The van der Waals surface area contributed by atoms with Gasteiger partial charge in [-0.1, -0.05) is 37.0 Å². The molecule has 8 nitrogen and oxygen atoms in total. The van der Waals surface area contributed by atoms with Gasteiger partial charge in [0.25, 0.3) is 11.8 Å². The molecule has 0 fully saturated rings. The highest BCUT2D eigenvalue weighted by molar-refractivity contribution is 7.08. The summed E-state index contributed by atoms with van der Waals surface area (Å²) in [5.74, 6) is 0.366. The van der Waals surface area contributed by atoms with E-state index in [4.69, 9.17) is 27.9 Å². The monoisotopic (exact) mass is 557 g/mol. The summed E-state index contributed by atoms with van der Waals surface area (Å²) in [6, 6.07) is 9.73. The lowest BCUT2D eigenvalue weighted by Crippen LogP contribution is -2.36. The van der Waals surface area contributed by atoms with Crippen LogP contribution in [0.3, 0.4) is 0 Å². The van der Waals surface area contributed by atoms with Crippen molar-refractivity contribution in [2.45, 2.75) is 33.7 Å². The van der Waals surface area contributed by atoms with Crippen molar-refractivity contribution in [3.63, 3.8) is 0 Å². The molecule has 192 valence electrons. The molecule has 3 heterocycles. The van der Waals surface area contributed by atoms with E-state index < -0.39 is 5.91 Å². The average Bonchev–Trinajstić information content (AvgIpc) is 3.51. The van der Waals surface area contributed by atoms with Gasteiger partial charge in [0.1, 0.15) is 11.4 Å². The van der Waals surface area contributed by atoms with E-state index in [0.717, 1.165) is 0 Å². The van der Waals surface area contributed by atoms with Crippen LogP contribution in [0.25, 0.3) is 5.82 Å². The Hall–Kier alpha value is -3.40. The van der Waals surface area contributed by atoms with Gasteiger partial charge in [0.05, 0.1) is 16.3 Å². The maximum atomic E-state index is 13.6. The first-order valence-electron chi connectivity index (χ1n) is 11.5. The van der Waals surface area contributed by atoms with Crippen molar-refractivity contribution >= 4 is 52.0 Å². The highest BCUT2D eigenvalue weighted by Crippen LogP contribution is 2.29. The second-order valence-corrected chi connectivity index (χ2v) is 10.4. The molecule has 0 saturated heterocycles. The van der Waals surface area contributed by atoms with Crippen LogP contribution in [0.15, 0.2) is 53.4 Å². The Balaban J connectivity index is 1.73. The molecule has 0 aliphatic carbocycles.